The Morgan fingerprint density at radius 2 is 1.93 bits per heavy atom. The van der Waals surface area contributed by atoms with Crippen molar-refractivity contribution in [3.63, 3.8) is 0 Å². The highest BCUT2D eigenvalue weighted by Crippen LogP contribution is 2.48. The van der Waals surface area contributed by atoms with E-state index in [1.807, 2.05) is 17.0 Å². The summed E-state index contributed by atoms with van der Waals surface area (Å²) in [4.78, 5) is 15.6. The molecule has 5 rings (SSSR count). The quantitative estimate of drug-likeness (QED) is 0.889. The fraction of sp³-hybridized carbons (Fsp3) is 0.409. The summed E-state index contributed by atoms with van der Waals surface area (Å²) < 4.78 is 19.5. The highest BCUT2D eigenvalue weighted by molar-refractivity contribution is 5.87. The number of rotatable bonds is 2. The zero-order chi connectivity index (χ0) is 18.6. The predicted molar refractivity (Wildman–Crippen MR) is 99.6 cm³/mol. The molecule has 2 bridgehead atoms. The SMILES string of the molecule is N[C@@]12CC[C@@](C(=O)N3CCc4ccccc4[C@@H]3c3ccc(F)cc3)(C1)OC2. The van der Waals surface area contributed by atoms with Crippen LogP contribution in [0.1, 0.15) is 42.0 Å². The molecule has 27 heavy (non-hydrogen) atoms. The summed E-state index contributed by atoms with van der Waals surface area (Å²) in [5.41, 5.74) is 8.46. The van der Waals surface area contributed by atoms with Gasteiger partial charge in [-0.1, -0.05) is 36.4 Å². The molecule has 1 amide bonds. The molecule has 2 heterocycles. The number of nitrogens with two attached hydrogens (primary N) is 1. The van der Waals surface area contributed by atoms with Gasteiger partial charge in [0.15, 0.2) is 0 Å². The Bertz CT molecular complexity index is 887. The van der Waals surface area contributed by atoms with Gasteiger partial charge in [0.2, 0.25) is 0 Å². The van der Waals surface area contributed by atoms with Gasteiger partial charge in [-0.3, -0.25) is 4.79 Å². The fourth-order valence-corrected chi connectivity index (χ4v) is 5.02. The molecule has 1 aliphatic carbocycles. The monoisotopic (exact) mass is 366 g/mol. The van der Waals surface area contributed by atoms with E-state index in [-0.39, 0.29) is 23.3 Å². The lowest BCUT2D eigenvalue weighted by molar-refractivity contribution is -0.156. The number of nitrogens with zero attached hydrogens (tertiary/aromatic N) is 1. The lowest BCUT2D eigenvalue weighted by Crippen LogP contribution is -2.51. The Kier molecular flexibility index (Phi) is 3.68. The van der Waals surface area contributed by atoms with Crippen molar-refractivity contribution < 1.29 is 13.9 Å². The Hall–Kier alpha value is -2.24. The third-order valence-electron chi connectivity index (χ3n) is 6.42. The third-order valence-corrected chi connectivity index (χ3v) is 6.42. The van der Waals surface area contributed by atoms with Crippen molar-refractivity contribution in [1.82, 2.24) is 4.90 Å². The molecule has 0 radical (unpaired) electrons. The highest BCUT2D eigenvalue weighted by atomic mass is 19.1. The van der Waals surface area contributed by atoms with Crippen LogP contribution in [0.5, 0.6) is 0 Å². The normalized spacial score (nSPS) is 31.8. The number of hydrogen-bond acceptors (Lipinski definition) is 3. The lowest BCUT2D eigenvalue weighted by Gasteiger charge is -2.41. The highest BCUT2D eigenvalue weighted by Gasteiger charge is 2.59. The molecule has 1 saturated heterocycles. The summed E-state index contributed by atoms with van der Waals surface area (Å²) in [6.45, 7) is 1.07. The van der Waals surface area contributed by atoms with Gasteiger partial charge in [0, 0.05) is 18.5 Å². The Morgan fingerprint density at radius 1 is 1.15 bits per heavy atom. The second kappa shape index (κ2) is 5.88. The van der Waals surface area contributed by atoms with Gasteiger partial charge < -0.3 is 15.4 Å². The van der Waals surface area contributed by atoms with Crippen molar-refractivity contribution >= 4 is 5.91 Å². The molecule has 5 heteroatoms. The number of ether oxygens (including phenoxy) is 1. The first kappa shape index (κ1) is 16.9. The first-order valence-corrected chi connectivity index (χ1v) is 9.57. The first-order valence-electron chi connectivity index (χ1n) is 9.57. The van der Waals surface area contributed by atoms with Crippen LogP contribution in [0, 0.1) is 5.82 Å². The van der Waals surface area contributed by atoms with Crippen LogP contribution in [-0.4, -0.2) is 35.1 Å². The number of amides is 1. The van der Waals surface area contributed by atoms with E-state index in [1.165, 1.54) is 17.7 Å². The molecule has 2 N–H and O–H groups in total. The van der Waals surface area contributed by atoms with Gasteiger partial charge in [0.05, 0.1) is 12.6 Å². The van der Waals surface area contributed by atoms with E-state index in [2.05, 4.69) is 12.1 Å². The van der Waals surface area contributed by atoms with Crippen molar-refractivity contribution in [1.29, 1.82) is 0 Å². The smallest absolute Gasteiger partial charge is 0.255 e. The van der Waals surface area contributed by atoms with E-state index in [0.717, 1.165) is 24.0 Å². The minimum Gasteiger partial charge on any atom is -0.363 e. The molecular weight excluding hydrogens is 343 g/mol. The third kappa shape index (κ3) is 2.60. The van der Waals surface area contributed by atoms with Crippen molar-refractivity contribution in [3.05, 3.63) is 71.0 Å². The van der Waals surface area contributed by atoms with Gasteiger partial charge in [-0.25, -0.2) is 4.39 Å². The number of benzene rings is 2. The number of hydrogen-bond donors (Lipinski definition) is 1. The second-order valence-corrected chi connectivity index (χ2v) is 8.22. The van der Waals surface area contributed by atoms with Crippen LogP contribution in [0.25, 0.3) is 0 Å². The first-order chi connectivity index (χ1) is 13.0. The summed E-state index contributed by atoms with van der Waals surface area (Å²) >= 11 is 0. The maximum absolute atomic E-state index is 13.7. The average molecular weight is 366 g/mol. The maximum atomic E-state index is 13.7. The maximum Gasteiger partial charge on any atom is 0.255 e. The second-order valence-electron chi connectivity index (χ2n) is 8.22. The molecule has 2 fully saturated rings. The number of fused-ring (bicyclic) bond motifs is 3. The van der Waals surface area contributed by atoms with E-state index in [4.69, 9.17) is 10.5 Å². The molecule has 0 spiro atoms. The molecule has 2 aliphatic heterocycles. The van der Waals surface area contributed by atoms with Gasteiger partial charge in [0.1, 0.15) is 11.4 Å². The molecule has 2 aromatic rings. The molecule has 0 unspecified atom stereocenters. The van der Waals surface area contributed by atoms with Crippen molar-refractivity contribution in [2.75, 3.05) is 13.2 Å². The van der Waals surface area contributed by atoms with Crippen LogP contribution in [0.15, 0.2) is 48.5 Å². The lowest BCUT2D eigenvalue weighted by atomic mass is 9.86. The van der Waals surface area contributed by atoms with E-state index in [0.29, 0.717) is 26.0 Å². The standard InChI is InChI=1S/C22H23FN2O2/c23-17-7-5-16(6-8-17)19-18-4-2-1-3-15(18)9-12-25(19)20(26)22-11-10-21(24,13-22)14-27-22/h1-8,19H,9-14,24H2/t19-,21-,22-/m0/s1. The van der Waals surface area contributed by atoms with E-state index in [1.54, 1.807) is 12.1 Å². The van der Waals surface area contributed by atoms with Crippen LogP contribution in [-0.2, 0) is 16.0 Å². The zero-order valence-corrected chi connectivity index (χ0v) is 15.2. The van der Waals surface area contributed by atoms with Crippen LogP contribution in [0.4, 0.5) is 4.39 Å². The van der Waals surface area contributed by atoms with Crippen molar-refractivity contribution in [2.45, 2.75) is 42.9 Å². The molecule has 3 atom stereocenters. The van der Waals surface area contributed by atoms with Gasteiger partial charge in [-0.15, -0.1) is 0 Å². The summed E-state index contributed by atoms with van der Waals surface area (Å²) in [5.74, 6) is -0.252. The minimum atomic E-state index is -0.792. The van der Waals surface area contributed by atoms with Crippen LogP contribution in [0.3, 0.4) is 0 Å². The Morgan fingerprint density at radius 3 is 2.59 bits per heavy atom. The fourth-order valence-electron chi connectivity index (χ4n) is 5.02. The summed E-state index contributed by atoms with van der Waals surface area (Å²) in [5, 5.41) is 0. The largest absolute Gasteiger partial charge is 0.363 e. The number of carbonyl (C=O) groups excluding carboxylic acids is 1. The van der Waals surface area contributed by atoms with Crippen molar-refractivity contribution in [2.24, 2.45) is 5.73 Å². The molecule has 3 aliphatic rings. The van der Waals surface area contributed by atoms with E-state index < -0.39 is 5.60 Å². The molecule has 1 saturated carbocycles. The van der Waals surface area contributed by atoms with E-state index >= 15 is 0 Å². The molecule has 140 valence electrons. The Balaban J connectivity index is 1.57. The number of halogens is 1. The van der Waals surface area contributed by atoms with Crippen molar-refractivity contribution in [3.8, 4) is 0 Å². The van der Waals surface area contributed by atoms with Gasteiger partial charge in [-0.05, 0) is 48.1 Å². The van der Waals surface area contributed by atoms with E-state index in [9.17, 15) is 9.18 Å². The average Bonchev–Trinajstić information content (AvgIpc) is 3.22. The molecule has 2 aromatic carbocycles. The van der Waals surface area contributed by atoms with Crippen LogP contribution < -0.4 is 5.73 Å². The van der Waals surface area contributed by atoms with Gasteiger partial charge in [-0.2, -0.15) is 0 Å². The molecule has 4 nitrogen and oxygen atoms in total. The molecule has 0 aromatic heterocycles. The van der Waals surface area contributed by atoms with Crippen LogP contribution in [0.2, 0.25) is 0 Å². The minimum absolute atomic E-state index is 0.0242. The van der Waals surface area contributed by atoms with Gasteiger partial charge >= 0.3 is 0 Å². The molecular formula is C22H23FN2O2. The summed E-state index contributed by atoms with van der Waals surface area (Å²) in [7, 11) is 0. The topological polar surface area (TPSA) is 55.6 Å². The predicted octanol–water partition coefficient (Wildman–Crippen LogP) is 2.95. The Labute approximate surface area is 158 Å². The van der Waals surface area contributed by atoms with Gasteiger partial charge in [0.25, 0.3) is 5.91 Å². The summed E-state index contributed by atoms with van der Waals surface area (Å²) in [6.07, 6.45) is 2.90. The zero-order valence-electron chi connectivity index (χ0n) is 15.2. The van der Waals surface area contributed by atoms with Crippen LogP contribution >= 0.6 is 0 Å². The summed E-state index contributed by atoms with van der Waals surface area (Å²) in [6, 6.07) is 14.4. The number of carbonyl (C=O) groups is 1.